The third-order valence-corrected chi connectivity index (χ3v) is 4.85. The lowest BCUT2D eigenvalue weighted by Gasteiger charge is -2.15. The Morgan fingerprint density at radius 1 is 1.12 bits per heavy atom. The zero-order valence-electron chi connectivity index (χ0n) is 14.2. The molecule has 1 fully saturated rings. The van der Waals surface area contributed by atoms with Crippen LogP contribution in [0.1, 0.15) is 23.8 Å². The van der Waals surface area contributed by atoms with Gasteiger partial charge in [-0.25, -0.2) is 0 Å². The van der Waals surface area contributed by atoms with Crippen molar-refractivity contribution in [2.75, 3.05) is 13.1 Å². The van der Waals surface area contributed by atoms with Crippen molar-refractivity contribution in [3.8, 4) is 11.7 Å². The number of hydrogen-bond donors (Lipinski definition) is 0. The van der Waals surface area contributed by atoms with Gasteiger partial charge in [0.2, 0.25) is 5.89 Å². The molecule has 6 nitrogen and oxygen atoms in total. The van der Waals surface area contributed by atoms with Gasteiger partial charge in [-0.2, -0.15) is 0 Å². The Labute approximate surface area is 150 Å². The standard InChI is InChI=1S/C20H18N4O2/c1-2-5-17-15(4-1)10-14(11-21-17)12-24-8-7-16(13-24)19-22-23-20(26-19)18-6-3-9-25-18/h1-6,9-11,16H,7-8,12-13H2/t16-/m0/s1. The van der Waals surface area contributed by atoms with E-state index in [2.05, 4.69) is 32.2 Å². The van der Waals surface area contributed by atoms with Gasteiger partial charge < -0.3 is 8.83 Å². The topological polar surface area (TPSA) is 68.2 Å². The van der Waals surface area contributed by atoms with E-state index in [0.29, 0.717) is 17.5 Å². The Morgan fingerprint density at radius 3 is 3.00 bits per heavy atom. The summed E-state index contributed by atoms with van der Waals surface area (Å²) in [6, 6.07) is 14.1. The minimum absolute atomic E-state index is 0.264. The van der Waals surface area contributed by atoms with Crippen LogP contribution in [0.5, 0.6) is 0 Å². The van der Waals surface area contributed by atoms with Crippen LogP contribution in [0, 0.1) is 0 Å². The third-order valence-electron chi connectivity index (χ3n) is 4.85. The van der Waals surface area contributed by atoms with Crippen LogP contribution in [0.3, 0.4) is 0 Å². The molecule has 1 aliphatic heterocycles. The maximum Gasteiger partial charge on any atom is 0.283 e. The number of rotatable bonds is 4. The van der Waals surface area contributed by atoms with Crippen LogP contribution in [0.2, 0.25) is 0 Å². The molecule has 0 unspecified atom stereocenters. The van der Waals surface area contributed by atoms with Crippen molar-refractivity contribution >= 4 is 10.9 Å². The first kappa shape index (κ1) is 15.3. The largest absolute Gasteiger partial charge is 0.459 e. The van der Waals surface area contributed by atoms with Gasteiger partial charge in [-0.05, 0) is 42.8 Å². The highest BCUT2D eigenvalue weighted by molar-refractivity contribution is 5.78. The van der Waals surface area contributed by atoms with Crippen molar-refractivity contribution < 1.29 is 8.83 Å². The van der Waals surface area contributed by atoms with Crippen molar-refractivity contribution in [2.45, 2.75) is 18.9 Å². The summed E-state index contributed by atoms with van der Waals surface area (Å²) in [5.74, 6) is 2.01. The summed E-state index contributed by atoms with van der Waals surface area (Å²) in [4.78, 5) is 6.96. The van der Waals surface area contributed by atoms with Crippen LogP contribution >= 0.6 is 0 Å². The normalized spacial score (nSPS) is 17.9. The summed E-state index contributed by atoms with van der Waals surface area (Å²) < 4.78 is 11.1. The van der Waals surface area contributed by atoms with Crippen molar-refractivity contribution in [1.82, 2.24) is 20.1 Å². The van der Waals surface area contributed by atoms with E-state index in [1.807, 2.05) is 36.5 Å². The lowest BCUT2D eigenvalue weighted by molar-refractivity contribution is 0.320. The molecule has 0 saturated carbocycles. The minimum atomic E-state index is 0.264. The number of benzene rings is 1. The van der Waals surface area contributed by atoms with Crippen LogP contribution in [0.25, 0.3) is 22.6 Å². The van der Waals surface area contributed by atoms with Gasteiger partial charge in [-0.3, -0.25) is 9.88 Å². The fourth-order valence-electron chi connectivity index (χ4n) is 3.54. The molecule has 0 bridgehead atoms. The molecule has 0 spiro atoms. The fraction of sp³-hybridized carbons (Fsp3) is 0.250. The molecule has 0 N–H and O–H groups in total. The molecule has 130 valence electrons. The van der Waals surface area contributed by atoms with Gasteiger partial charge in [0.15, 0.2) is 5.76 Å². The molecule has 0 radical (unpaired) electrons. The summed E-state index contributed by atoms with van der Waals surface area (Å²) in [7, 11) is 0. The molecule has 5 rings (SSSR count). The first-order valence-electron chi connectivity index (χ1n) is 8.78. The van der Waals surface area contributed by atoms with E-state index in [1.165, 1.54) is 10.9 Å². The Morgan fingerprint density at radius 2 is 2.08 bits per heavy atom. The molecule has 4 aromatic rings. The molecular formula is C20H18N4O2. The second kappa shape index (κ2) is 6.38. The average Bonchev–Trinajstić information content (AvgIpc) is 3.42. The van der Waals surface area contributed by atoms with Crippen molar-refractivity contribution in [2.24, 2.45) is 0 Å². The van der Waals surface area contributed by atoms with Crippen molar-refractivity contribution in [3.05, 3.63) is 66.4 Å². The van der Waals surface area contributed by atoms with Crippen LogP contribution in [-0.2, 0) is 6.54 Å². The number of furan rings is 1. The first-order chi connectivity index (χ1) is 12.8. The predicted molar refractivity (Wildman–Crippen MR) is 96.4 cm³/mol. The second-order valence-electron chi connectivity index (χ2n) is 6.68. The van der Waals surface area contributed by atoms with Gasteiger partial charge in [-0.1, -0.05) is 18.2 Å². The third kappa shape index (κ3) is 2.88. The van der Waals surface area contributed by atoms with E-state index in [0.717, 1.165) is 31.6 Å². The average molecular weight is 346 g/mol. The van der Waals surface area contributed by atoms with Gasteiger partial charge in [0, 0.05) is 24.7 Å². The molecule has 1 atom stereocenters. The number of fused-ring (bicyclic) bond motifs is 1. The molecule has 1 saturated heterocycles. The van der Waals surface area contributed by atoms with Gasteiger partial charge in [-0.15, -0.1) is 10.2 Å². The van der Waals surface area contributed by atoms with E-state index in [-0.39, 0.29) is 5.92 Å². The lowest BCUT2D eigenvalue weighted by Crippen LogP contribution is -2.19. The molecule has 6 heteroatoms. The maximum atomic E-state index is 5.81. The van der Waals surface area contributed by atoms with E-state index in [9.17, 15) is 0 Å². The minimum Gasteiger partial charge on any atom is -0.459 e. The molecule has 1 aliphatic rings. The molecule has 0 amide bonds. The number of likely N-dealkylation sites (tertiary alicyclic amines) is 1. The molecule has 0 aliphatic carbocycles. The van der Waals surface area contributed by atoms with Crippen molar-refractivity contribution in [3.63, 3.8) is 0 Å². The van der Waals surface area contributed by atoms with Crippen molar-refractivity contribution in [1.29, 1.82) is 0 Å². The van der Waals surface area contributed by atoms with Gasteiger partial charge >= 0.3 is 0 Å². The van der Waals surface area contributed by atoms with Gasteiger partial charge in [0.1, 0.15) is 0 Å². The van der Waals surface area contributed by atoms with Crippen LogP contribution in [0.4, 0.5) is 0 Å². The van der Waals surface area contributed by atoms with Crippen LogP contribution < -0.4 is 0 Å². The molecular weight excluding hydrogens is 328 g/mol. The molecule has 1 aromatic carbocycles. The van der Waals surface area contributed by atoms with E-state index in [4.69, 9.17) is 8.83 Å². The highest BCUT2D eigenvalue weighted by Gasteiger charge is 2.28. The summed E-state index contributed by atoms with van der Waals surface area (Å²) in [5, 5.41) is 9.51. The SMILES string of the molecule is c1coc(-c2nnc([C@H]3CCN(Cc4cnc5ccccc5c4)C3)o2)c1. The quantitative estimate of drug-likeness (QED) is 0.559. The highest BCUT2D eigenvalue weighted by Crippen LogP contribution is 2.29. The van der Waals surface area contributed by atoms with Crippen LogP contribution in [0.15, 0.2) is 63.8 Å². The van der Waals surface area contributed by atoms with E-state index in [1.54, 1.807) is 6.26 Å². The zero-order chi connectivity index (χ0) is 17.3. The number of para-hydroxylation sites is 1. The molecule has 4 heterocycles. The Balaban J connectivity index is 1.28. The second-order valence-corrected chi connectivity index (χ2v) is 6.68. The van der Waals surface area contributed by atoms with Gasteiger partial charge in [0.25, 0.3) is 5.89 Å². The monoisotopic (exact) mass is 346 g/mol. The zero-order valence-corrected chi connectivity index (χ0v) is 14.2. The molecule has 26 heavy (non-hydrogen) atoms. The summed E-state index contributed by atoms with van der Waals surface area (Å²) in [6.45, 7) is 2.80. The molecule has 3 aromatic heterocycles. The predicted octanol–water partition coefficient (Wildman–Crippen LogP) is 3.87. The van der Waals surface area contributed by atoms with E-state index < -0.39 is 0 Å². The number of aromatic nitrogens is 3. The van der Waals surface area contributed by atoms with Gasteiger partial charge in [0.05, 0.1) is 17.7 Å². The number of pyridine rings is 1. The smallest absolute Gasteiger partial charge is 0.283 e. The lowest BCUT2D eigenvalue weighted by atomic mass is 10.1. The summed E-state index contributed by atoms with van der Waals surface area (Å²) in [5.41, 5.74) is 2.26. The maximum absolute atomic E-state index is 5.81. The Hall–Kier alpha value is -2.99. The summed E-state index contributed by atoms with van der Waals surface area (Å²) >= 11 is 0. The number of hydrogen-bond acceptors (Lipinski definition) is 6. The fourth-order valence-corrected chi connectivity index (χ4v) is 3.54. The van der Waals surface area contributed by atoms with Crippen LogP contribution in [-0.4, -0.2) is 33.2 Å². The van der Waals surface area contributed by atoms with E-state index >= 15 is 0 Å². The first-order valence-corrected chi connectivity index (χ1v) is 8.78. The summed E-state index contributed by atoms with van der Waals surface area (Å²) in [6.07, 6.45) is 4.59. The number of nitrogens with zero attached hydrogens (tertiary/aromatic N) is 4. The Bertz CT molecular complexity index is 1030. The highest BCUT2D eigenvalue weighted by atomic mass is 16.4. The Kier molecular flexibility index (Phi) is 3.75.